The van der Waals surface area contributed by atoms with Gasteiger partial charge in [0.2, 0.25) is 10.0 Å². The third-order valence-electron chi connectivity index (χ3n) is 5.05. The number of benzene rings is 3. The molecule has 6 nitrogen and oxygen atoms in total. The monoisotopic (exact) mass is 439 g/mol. The van der Waals surface area contributed by atoms with Crippen molar-refractivity contribution >= 4 is 32.6 Å². The van der Waals surface area contributed by atoms with Gasteiger partial charge in [0.15, 0.2) is 0 Å². The Morgan fingerprint density at radius 2 is 1.65 bits per heavy atom. The van der Waals surface area contributed by atoms with Gasteiger partial charge in [-0.3, -0.25) is 4.31 Å². The molecule has 0 fully saturated rings. The second kappa shape index (κ2) is 7.55. The molecule has 0 amide bonds. The summed E-state index contributed by atoms with van der Waals surface area (Å²) in [6.45, 7) is 0. The summed E-state index contributed by atoms with van der Waals surface area (Å²) in [4.78, 5) is 12.1. The van der Waals surface area contributed by atoms with Crippen molar-refractivity contribution in [3.8, 4) is 22.5 Å². The summed E-state index contributed by atoms with van der Waals surface area (Å²) in [5.41, 5.74) is 2.13. The number of fused-ring (bicyclic) bond motifs is 1. The first-order valence-electron chi connectivity index (χ1n) is 9.26. The Morgan fingerprint density at radius 1 is 1.00 bits per heavy atom. The molecule has 0 saturated carbocycles. The molecule has 1 aromatic heterocycles. The zero-order valence-corrected chi connectivity index (χ0v) is 17.5. The van der Waals surface area contributed by atoms with E-state index in [1.54, 1.807) is 18.2 Å². The van der Waals surface area contributed by atoms with Gasteiger partial charge in [0, 0.05) is 29.6 Å². The van der Waals surface area contributed by atoms with Crippen molar-refractivity contribution in [1.82, 2.24) is 0 Å². The fraction of sp³-hybridized carbons (Fsp3) is 0.0870. The molecule has 1 heterocycles. The molecule has 0 spiro atoms. The molecule has 0 radical (unpaired) electrons. The van der Waals surface area contributed by atoms with Crippen LogP contribution in [0.15, 0.2) is 71.1 Å². The van der Waals surface area contributed by atoms with E-state index in [0.717, 1.165) is 16.1 Å². The highest BCUT2D eigenvalue weighted by Crippen LogP contribution is 2.41. The number of sulfonamides is 1. The zero-order valence-electron chi connectivity index (χ0n) is 16.7. The van der Waals surface area contributed by atoms with Crippen LogP contribution in [0.25, 0.3) is 33.4 Å². The minimum Gasteiger partial charge on any atom is -0.478 e. The molecular weight excluding hydrogens is 421 g/mol. The Labute approximate surface area is 178 Å². The van der Waals surface area contributed by atoms with Gasteiger partial charge in [-0.2, -0.15) is 0 Å². The zero-order chi connectivity index (χ0) is 22.3. The lowest BCUT2D eigenvalue weighted by Crippen LogP contribution is -2.25. The Bertz CT molecular complexity index is 1390. The van der Waals surface area contributed by atoms with Crippen LogP contribution in [0.3, 0.4) is 0 Å². The van der Waals surface area contributed by atoms with E-state index in [4.69, 9.17) is 4.42 Å². The predicted molar refractivity (Wildman–Crippen MR) is 117 cm³/mol. The van der Waals surface area contributed by atoms with Crippen LogP contribution in [-0.4, -0.2) is 32.8 Å². The van der Waals surface area contributed by atoms with Gasteiger partial charge in [0.25, 0.3) is 0 Å². The van der Waals surface area contributed by atoms with Gasteiger partial charge in [-0.25, -0.2) is 17.6 Å². The number of halogens is 1. The molecule has 0 atom stereocenters. The molecular formula is C23H18FNO5S. The standard InChI is InChI=1S/C23H18FNO5S/c1-25(31(2,28)29)19-13-20-18(12-17(19)14-6-4-3-5-7-14)21(23(26)27)22(30-20)15-8-10-16(24)11-9-15/h3-13H,1-2H3,(H,26,27). The fourth-order valence-electron chi connectivity index (χ4n) is 3.44. The summed E-state index contributed by atoms with van der Waals surface area (Å²) in [5.74, 6) is -1.60. The maximum atomic E-state index is 13.4. The van der Waals surface area contributed by atoms with E-state index in [-0.39, 0.29) is 16.9 Å². The quantitative estimate of drug-likeness (QED) is 0.473. The largest absolute Gasteiger partial charge is 0.478 e. The third kappa shape index (κ3) is 3.77. The van der Waals surface area contributed by atoms with Crippen LogP contribution in [0.1, 0.15) is 10.4 Å². The molecule has 0 aliphatic rings. The maximum absolute atomic E-state index is 13.4. The Morgan fingerprint density at radius 3 is 2.23 bits per heavy atom. The van der Waals surface area contributed by atoms with Crippen LogP contribution in [-0.2, 0) is 10.0 Å². The number of hydrogen-bond acceptors (Lipinski definition) is 4. The second-order valence-electron chi connectivity index (χ2n) is 7.08. The lowest BCUT2D eigenvalue weighted by atomic mass is 9.99. The Kier molecular flexibility index (Phi) is 5.02. The smallest absolute Gasteiger partial charge is 0.340 e. The van der Waals surface area contributed by atoms with Crippen molar-refractivity contribution in [3.05, 3.63) is 78.1 Å². The molecule has 0 saturated heterocycles. The summed E-state index contributed by atoms with van der Waals surface area (Å²) in [5, 5.41) is 10.2. The molecule has 4 rings (SSSR count). The van der Waals surface area contributed by atoms with Gasteiger partial charge in [0.1, 0.15) is 22.7 Å². The molecule has 158 valence electrons. The number of hydrogen-bond donors (Lipinski definition) is 1. The molecule has 31 heavy (non-hydrogen) atoms. The number of rotatable bonds is 5. The van der Waals surface area contributed by atoms with E-state index in [0.29, 0.717) is 22.2 Å². The predicted octanol–water partition coefficient (Wildman–Crippen LogP) is 5.00. The van der Waals surface area contributed by atoms with E-state index < -0.39 is 21.8 Å². The van der Waals surface area contributed by atoms with Crippen LogP contribution in [0.5, 0.6) is 0 Å². The van der Waals surface area contributed by atoms with Crippen molar-refractivity contribution in [2.75, 3.05) is 17.6 Å². The van der Waals surface area contributed by atoms with E-state index >= 15 is 0 Å². The van der Waals surface area contributed by atoms with E-state index in [1.165, 1.54) is 37.4 Å². The molecule has 0 bridgehead atoms. The SMILES string of the molecule is CN(c1cc2oc(-c3ccc(F)cc3)c(C(=O)O)c2cc1-c1ccccc1)S(C)(=O)=O. The van der Waals surface area contributed by atoms with Crippen molar-refractivity contribution in [3.63, 3.8) is 0 Å². The minimum atomic E-state index is -3.60. The highest BCUT2D eigenvalue weighted by molar-refractivity contribution is 7.92. The summed E-state index contributed by atoms with van der Waals surface area (Å²) in [6.07, 6.45) is 1.08. The van der Waals surface area contributed by atoms with E-state index in [9.17, 15) is 22.7 Å². The first-order valence-corrected chi connectivity index (χ1v) is 11.1. The number of carboxylic acid groups (broad SMARTS) is 1. The van der Waals surface area contributed by atoms with Crippen molar-refractivity contribution in [2.45, 2.75) is 0 Å². The van der Waals surface area contributed by atoms with E-state index in [1.807, 2.05) is 18.2 Å². The van der Waals surface area contributed by atoms with Crippen molar-refractivity contribution in [1.29, 1.82) is 0 Å². The summed E-state index contributed by atoms with van der Waals surface area (Å²) >= 11 is 0. The molecule has 0 unspecified atom stereocenters. The van der Waals surface area contributed by atoms with E-state index in [2.05, 4.69) is 0 Å². The average molecular weight is 439 g/mol. The molecule has 1 N–H and O–H groups in total. The molecule has 0 aliphatic carbocycles. The van der Waals surface area contributed by atoms with Crippen molar-refractivity contribution < 1.29 is 27.1 Å². The third-order valence-corrected chi connectivity index (χ3v) is 6.24. The number of carboxylic acids is 1. The maximum Gasteiger partial charge on any atom is 0.340 e. The second-order valence-corrected chi connectivity index (χ2v) is 9.09. The Balaban J connectivity index is 2.07. The van der Waals surface area contributed by atoms with Crippen LogP contribution in [0.4, 0.5) is 10.1 Å². The molecule has 3 aromatic carbocycles. The molecule has 4 aromatic rings. The highest BCUT2D eigenvalue weighted by atomic mass is 32.2. The van der Waals surface area contributed by atoms with Crippen molar-refractivity contribution in [2.24, 2.45) is 0 Å². The van der Waals surface area contributed by atoms with Crippen LogP contribution in [0.2, 0.25) is 0 Å². The number of furan rings is 1. The minimum absolute atomic E-state index is 0.0701. The topological polar surface area (TPSA) is 87.8 Å². The lowest BCUT2D eigenvalue weighted by Gasteiger charge is -2.20. The Hall–Kier alpha value is -3.65. The number of nitrogens with zero attached hydrogens (tertiary/aromatic N) is 1. The van der Waals surface area contributed by atoms with Gasteiger partial charge in [-0.15, -0.1) is 0 Å². The molecule has 0 aliphatic heterocycles. The van der Waals surface area contributed by atoms with Gasteiger partial charge >= 0.3 is 5.97 Å². The summed E-state index contributed by atoms with van der Waals surface area (Å²) in [6, 6.07) is 17.5. The number of carbonyl (C=O) groups is 1. The normalized spacial score (nSPS) is 11.6. The summed E-state index contributed by atoms with van der Waals surface area (Å²) < 4.78 is 44.8. The average Bonchev–Trinajstić information content (AvgIpc) is 3.11. The van der Waals surface area contributed by atoms with Gasteiger partial charge in [-0.1, -0.05) is 30.3 Å². The van der Waals surface area contributed by atoms with Crippen LogP contribution < -0.4 is 4.31 Å². The fourth-order valence-corrected chi connectivity index (χ4v) is 3.95. The first kappa shape index (κ1) is 20.6. The lowest BCUT2D eigenvalue weighted by molar-refractivity contribution is 0.0699. The van der Waals surface area contributed by atoms with Crippen LogP contribution in [0, 0.1) is 5.82 Å². The van der Waals surface area contributed by atoms with Gasteiger partial charge in [-0.05, 0) is 35.9 Å². The number of aromatic carboxylic acids is 1. The highest BCUT2D eigenvalue weighted by Gasteiger charge is 2.25. The number of anilines is 1. The van der Waals surface area contributed by atoms with Gasteiger partial charge < -0.3 is 9.52 Å². The summed E-state index contributed by atoms with van der Waals surface area (Å²) in [7, 11) is -2.18. The molecule has 8 heteroatoms. The van der Waals surface area contributed by atoms with Gasteiger partial charge in [0.05, 0.1) is 11.9 Å². The van der Waals surface area contributed by atoms with Crippen LogP contribution >= 0.6 is 0 Å². The first-order chi connectivity index (χ1) is 14.7.